The van der Waals surface area contributed by atoms with E-state index < -0.39 is 8.07 Å². The molecule has 0 bridgehead atoms. The van der Waals surface area contributed by atoms with Gasteiger partial charge in [-0.3, -0.25) is 4.57 Å². The molecule has 2 aromatic carbocycles. The topological polar surface area (TPSA) is 47.3 Å². The van der Waals surface area contributed by atoms with E-state index in [1.807, 2.05) is 42.5 Å². The number of ether oxygens (including phenoxy) is 1. The van der Waals surface area contributed by atoms with Gasteiger partial charge in [-0.15, -0.1) is 0 Å². The van der Waals surface area contributed by atoms with Gasteiger partial charge in [0.15, 0.2) is 0 Å². The van der Waals surface area contributed by atoms with Gasteiger partial charge in [-0.2, -0.15) is 0 Å². The third kappa shape index (κ3) is 5.76. The Morgan fingerprint density at radius 3 is 2.17 bits per heavy atom. The van der Waals surface area contributed by atoms with Gasteiger partial charge in [0, 0.05) is 25.8 Å². The number of aliphatic hydroxyl groups is 1. The number of benzene rings is 2. The van der Waals surface area contributed by atoms with Crippen LogP contribution < -0.4 is 0 Å². The Bertz CT molecular complexity index is 929. The Balaban J connectivity index is 2.05. The fourth-order valence-corrected chi connectivity index (χ4v) is 3.86. The van der Waals surface area contributed by atoms with Crippen LogP contribution in [0.2, 0.25) is 25.7 Å². The fourth-order valence-electron chi connectivity index (χ4n) is 3.11. The summed E-state index contributed by atoms with van der Waals surface area (Å²) in [7, 11) is -1.15. The van der Waals surface area contributed by atoms with E-state index in [1.165, 1.54) is 0 Å². The predicted molar refractivity (Wildman–Crippen MR) is 123 cm³/mol. The zero-order valence-electron chi connectivity index (χ0n) is 17.5. The van der Waals surface area contributed by atoms with Crippen molar-refractivity contribution in [1.82, 2.24) is 9.55 Å². The average molecular weight is 407 g/mol. The molecule has 0 fully saturated rings. The summed E-state index contributed by atoms with van der Waals surface area (Å²) in [4.78, 5) is 4.92. The van der Waals surface area contributed by atoms with Crippen LogP contribution in [0.5, 0.6) is 0 Å². The molecule has 0 amide bonds. The lowest BCUT2D eigenvalue weighted by molar-refractivity contribution is 0.0878. The van der Waals surface area contributed by atoms with Gasteiger partial charge in [0.25, 0.3) is 0 Å². The Morgan fingerprint density at radius 2 is 1.59 bits per heavy atom. The zero-order chi connectivity index (χ0) is 20.7. The van der Waals surface area contributed by atoms with Gasteiger partial charge in [0.05, 0.1) is 18.0 Å². The minimum atomic E-state index is -1.15. The van der Waals surface area contributed by atoms with Crippen LogP contribution >= 0.6 is 0 Å². The minimum absolute atomic E-state index is 0.0231. The third-order valence-electron chi connectivity index (χ3n) is 4.68. The predicted octanol–water partition coefficient (Wildman–Crippen LogP) is 5.53. The van der Waals surface area contributed by atoms with E-state index in [1.54, 1.807) is 6.08 Å². The van der Waals surface area contributed by atoms with Crippen LogP contribution in [0.15, 0.2) is 66.7 Å². The highest BCUT2D eigenvalue weighted by Gasteiger charge is 2.19. The highest BCUT2D eigenvalue weighted by molar-refractivity contribution is 6.76. The molecule has 0 spiro atoms. The Kier molecular flexibility index (Phi) is 7.20. The number of rotatable bonds is 9. The second-order valence-electron chi connectivity index (χ2n) is 8.26. The van der Waals surface area contributed by atoms with Gasteiger partial charge in [0.1, 0.15) is 12.6 Å². The highest BCUT2D eigenvalue weighted by atomic mass is 28.3. The molecule has 29 heavy (non-hydrogen) atoms. The van der Waals surface area contributed by atoms with Crippen molar-refractivity contribution < 1.29 is 9.84 Å². The first kappa shape index (κ1) is 21.2. The summed E-state index contributed by atoms with van der Waals surface area (Å²) in [6.07, 6.45) is 3.57. The second-order valence-corrected chi connectivity index (χ2v) is 13.9. The first-order valence-corrected chi connectivity index (χ1v) is 13.8. The van der Waals surface area contributed by atoms with Gasteiger partial charge in [-0.1, -0.05) is 86.4 Å². The molecule has 0 unspecified atom stereocenters. The van der Waals surface area contributed by atoms with E-state index in [-0.39, 0.29) is 6.61 Å². The quantitative estimate of drug-likeness (QED) is 0.375. The fraction of sp³-hybridized carbons (Fsp3) is 0.292. The lowest BCUT2D eigenvalue weighted by Gasteiger charge is -2.17. The summed E-state index contributed by atoms with van der Waals surface area (Å²) in [5, 5.41) is 9.28. The van der Waals surface area contributed by atoms with Crippen LogP contribution in [-0.2, 0) is 11.5 Å². The van der Waals surface area contributed by atoms with Crippen molar-refractivity contribution in [2.45, 2.75) is 32.4 Å². The molecule has 0 saturated heterocycles. The molecular weight excluding hydrogens is 376 g/mol. The van der Waals surface area contributed by atoms with Crippen LogP contribution in [0.4, 0.5) is 0 Å². The maximum atomic E-state index is 9.28. The van der Waals surface area contributed by atoms with E-state index in [0.29, 0.717) is 6.73 Å². The van der Waals surface area contributed by atoms with Crippen LogP contribution in [-0.4, -0.2) is 35.9 Å². The SMILES string of the molecule is C[Si](C)(C)CCOCn1c(C=CCO)nc(-c2ccccc2)c1-c1ccccc1. The third-order valence-corrected chi connectivity index (χ3v) is 6.38. The largest absolute Gasteiger partial charge is 0.392 e. The van der Waals surface area contributed by atoms with Crippen molar-refractivity contribution in [2.24, 2.45) is 0 Å². The molecule has 1 aromatic heterocycles. The Morgan fingerprint density at radius 1 is 0.966 bits per heavy atom. The molecule has 5 heteroatoms. The van der Waals surface area contributed by atoms with Crippen molar-refractivity contribution >= 4 is 14.1 Å². The maximum Gasteiger partial charge on any atom is 0.135 e. The van der Waals surface area contributed by atoms with E-state index in [0.717, 1.165) is 41.0 Å². The van der Waals surface area contributed by atoms with E-state index in [9.17, 15) is 5.11 Å². The summed E-state index contributed by atoms with van der Waals surface area (Å²) < 4.78 is 8.19. The maximum absolute atomic E-state index is 9.28. The average Bonchev–Trinajstić information content (AvgIpc) is 3.08. The lowest BCUT2D eigenvalue weighted by atomic mass is 10.0. The molecule has 0 aliphatic carbocycles. The molecular formula is C24H30N2O2Si. The normalized spacial score (nSPS) is 12.0. The molecule has 0 aliphatic heterocycles. The summed E-state index contributed by atoms with van der Waals surface area (Å²) in [5.41, 5.74) is 4.10. The second kappa shape index (κ2) is 9.83. The molecule has 1 N–H and O–H groups in total. The van der Waals surface area contributed by atoms with E-state index in [2.05, 4.69) is 48.5 Å². The molecule has 3 aromatic rings. The Hall–Kier alpha value is -2.47. The van der Waals surface area contributed by atoms with Gasteiger partial charge < -0.3 is 9.84 Å². The molecule has 0 aliphatic rings. The van der Waals surface area contributed by atoms with Crippen LogP contribution in [0.25, 0.3) is 28.6 Å². The molecule has 152 valence electrons. The first-order chi connectivity index (χ1) is 14.0. The summed E-state index contributed by atoms with van der Waals surface area (Å²) >= 11 is 0. The molecule has 3 rings (SSSR count). The highest BCUT2D eigenvalue weighted by Crippen LogP contribution is 2.33. The van der Waals surface area contributed by atoms with Crippen LogP contribution in [0.1, 0.15) is 5.82 Å². The number of aliphatic hydroxyl groups excluding tert-OH is 1. The molecule has 0 saturated carbocycles. The van der Waals surface area contributed by atoms with E-state index in [4.69, 9.17) is 9.72 Å². The van der Waals surface area contributed by atoms with Gasteiger partial charge >= 0.3 is 0 Å². The number of hydrogen-bond acceptors (Lipinski definition) is 3. The zero-order valence-corrected chi connectivity index (χ0v) is 18.5. The molecule has 1 heterocycles. The van der Waals surface area contributed by atoms with Crippen molar-refractivity contribution in [1.29, 1.82) is 0 Å². The van der Waals surface area contributed by atoms with Crippen LogP contribution in [0, 0.1) is 0 Å². The molecule has 0 radical (unpaired) electrons. The molecule has 4 nitrogen and oxygen atoms in total. The lowest BCUT2D eigenvalue weighted by Crippen LogP contribution is -2.22. The van der Waals surface area contributed by atoms with Crippen molar-refractivity contribution in [3.8, 4) is 22.5 Å². The number of aromatic nitrogens is 2. The first-order valence-electron chi connectivity index (χ1n) is 10.1. The number of hydrogen-bond donors (Lipinski definition) is 1. The van der Waals surface area contributed by atoms with Crippen molar-refractivity contribution in [3.05, 3.63) is 72.6 Å². The summed E-state index contributed by atoms with van der Waals surface area (Å²) in [6, 6.07) is 21.6. The Labute approximate surface area is 174 Å². The monoisotopic (exact) mass is 406 g/mol. The number of imidazole rings is 1. The van der Waals surface area contributed by atoms with E-state index >= 15 is 0 Å². The van der Waals surface area contributed by atoms with Crippen molar-refractivity contribution in [2.75, 3.05) is 13.2 Å². The van der Waals surface area contributed by atoms with Crippen molar-refractivity contribution in [3.63, 3.8) is 0 Å². The van der Waals surface area contributed by atoms with Gasteiger partial charge in [-0.05, 0) is 12.1 Å². The standard InChI is InChI=1S/C24H30N2O2Si/c1-29(2,3)18-17-28-19-26-22(15-10-16-27)25-23(20-11-6-4-7-12-20)24(26)21-13-8-5-9-14-21/h4-15,27H,16-19H2,1-3H3. The molecule has 0 atom stereocenters. The summed E-state index contributed by atoms with van der Waals surface area (Å²) in [5.74, 6) is 0.782. The van der Waals surface area contributed by atoms with Crippen LogP contribution in [0.3, 0.4) is 0 Å². The summed E-state index contributed by atoms with van der Waals surface area (Å²) in [6.45, 7) is 8.21. The van der Waals surface area contributed by atoms with Gasteiger partial charge in [0.2, 0.25) is 0 Å². The van der Waals surface area contributed by atoms with Gasteiger partial charge in [-0.25, -0.2) is 4.98 Å². The minimum Gasteiger partial charge on any atom is -0.392 e. The smallest absolute Gasteiger partial charge is 0.135 e. The number of nitrogens with zero attached hydrogens (tertiary/aromatic N) is 2.